The molecule has 6 nitrogen and oxygen atoms in total. The molecule has 0 spiro atoms. The van der Waals surface area contributed by atoms with Gasteiger partial charge in [-0.25, -0.2) is 9.78 Å². The number of nitrogens with zero attached hydrogens (tertiary/aromatic N) is 3. The molecular weight excluding hydrogens is 366 g/mol. The van der Waals surface area contributed by atoms with Gasteiger partial charge in [0, 0.05) is 24.5 Å². The number of carbonyl (C=O) groups is 1. The molecule has 2 heterocycles. The Morgan fingerprint density at radius 2 is 1.97 bits per heavy atom. The summed E-state index contributed by atoms with van der Waals surface area (Å²) in [6.45, 7) is 0.997. The highest BCUT2D eigenvalue weighted by Crippen LogP contribution is 2.37. The van der Waals surface area contributed by atoms with E-state index in [0.29, 0.717) is 16.8 Å². The fourth-order valence-electron chi connectivity index (χ4n) is 4.08. The highest BCUT2D eigenvalue weighted by molar-refractivity contribution is 5.97. The lowest BCUT2D eigenvalue weighted by molar-refractivity contribution is 0.0600. The van der Waals surface area contributed by atoms with E-state index in [0.717, 1.165) is 29.5 Å². The van der Waals surface area contributed by atoms with E-state index in [1.807, 2.05) is 11.6 Å². The zero-order valence-corrected chi connectivity index (χ0v) is 16.8. The fourth-order valence-corrected chi connectivity index (χ4v) is 4.08. The summed E-state index contributed by atoms with van der Waals surface area (Å²) in [6, 6.07) is 14.1. The smallest absolute Gasteiger partial charge is 0.338 e. The summed E-state index contributed by atoms with van der Waals surface area (Å²) >= 11 is 0. The monoisotopic (exact) mass is 389 g/mol. The number of esters is 1. The van der Waals surface area contributed by atoms with Crippen molar-refractivity contribution in [2.45, 2.75) is 19.4 Å². The minimum Gasteiger partial charge on any atom is -0.494 e. The quantitative estimate of drug-likeness (QED) is 0.475. The van der Waals surface area contributed by atoms with Gasteiger partial charge >= 0.3 is 5.97 Å². The van der Waals surface area contributed by atoms with Gasteiger partial charge in [0.15, 0.2) is 5.82 Å². The van der Waals surface area contributed by atoms with Crippen LogP contribution in [0.25, 0.3) is 33.5 Å². The maximum Gasteiger partial charge on any atom is 0.338 e. The van der Waals surface area contributed by atoms with Crippen molar-refractivity contribution in [1.29, 1.82) is 0 Å². The molecule has 0 saturated heterocycles. The Morgan fingerprint density at radius 3 is 2.69 bits per heavy atom. The van der Waals surface area contributed by atoms with Crippen LogP contribution in [0.3, 0.4) is 0 Å². The van der Waals surface area contributed by atoms with Crippen LogP contribution >= 0.6 is 0 Å². The van der Waals surface area contributed by atoms with Gasteiger partial charge < -0.3 is 18.6 Å². The van der Waals surface area contributed by atoms with E-state index in [2.05, 4.69) is 34.9 Å². The van der Waals surface area contributed by atoms with Crippen LogP contribution in [0.5, 0.6) is 5.75 Å². The Kier molecular flexibility index (Phi) is 4.08. The second kappa shape index (κ2) is 6.65. The Morgan fingerprint density at radius 1 is 1.17 bits per heavy atom. The minimum absolute atomic E-state index is 0.403. The van der Waals surface area contributed by atoms with Gasteiger partial charge in [0.1, 0.15) is 11.3 Å². The molecule has 0 amide bonds. The summed E-state index contributed by atoms with van der Waals surface area (Å²) < 4.78 is 14.9. The number of hydrogen-bond donors (Lipinski definition) is 0. The Balaban J connectivity index is 1.75. The first-order valence-corrected chi connectivity index (χ1v) is 9.82. The second-order valence-electron chi connectivity index (χ2n) is 7.67. The van der Waals surface area contributed by atoms with E-state index in [4.69, 9.17) is 14.5 Å². The van der Waals surface area contributed by atoms with Crippen LogP contribution in [0, 0.1) is 5.92 Å². The third kappa shape index (κ3) is 2.87. The van der Waals surface area contributed by atoms with E-state index >= 15 is 0 Å². The largest absolute Gasteiger partial charge is 0.494 e. The van der Waals surface area contributed by atoms with Gasteiger partial charge in [0.2, 0.25) is 0 Å². The van der Waals surface area contributed by atoms with Crippen molar-refractivity contribution in [3.8, 4) is 17.3 Å². The molecule has 5 rings (SSSR count). The SMILES string of the molecule is COC(=O)c1cc(OC)c2c(c1)nc(-c1cc3ccccc3n1CC1CC1)n2C. The number of carbonyl (C=O) groups excluding carboxylic acids is 1. The maximum atomic E-state index is 12.1. The van der Waals surface area contributed by atoms with Crippen LogP contribution < -0.4 is 4.74 Å². The summed E-state index contributed by atoms with van der Waals surface area (Å²) in [4.78, 5) is 17.0. The van der Waals surface area contributed by atoms with E-state index < -0.39 is 5.97 Å². The summed E-state index contributed by atoms with van der Waals surface area (Å²) in [6.07, 6.45) is 2.57. The number of hydrogen-bond acceptors (Lipinski definition) is 4. The van der Waals surface area contributed by atoms with Crippen LogP contribution in [-0.4, -0.2) is 34.3 Å². The van der Waals surface area contributed by atoms with Crippen molar-refractivity contribution in [2.24, 2.45) is 13.0 Å². The predicted molar refractivity (Wildman–Crippen MR) is 112 cm³/mol. The average molecular weight is 389 g/mol. The Bertz CT molecular complexity index is 1250. The molecule has 2 aromatic carbocycles. The van der Waals surface area contributed by atoms with E-state index in [9.17, 15) is 4.79 Å². The number of rotatable bonds is 5. The first-order valence-electron chi connectivity index (χ1n) is 9.82. The van der Waals surface area contributed by atoms with E-state index in [1.165, 1.54) is 30.9 Å². The first-order chi connectivity index (χ1) is 14.1. The molecule has 0 radical (unpaired) electrons. The van der Waals surface area contributed by atoms with Gasteiger partial charge in [-0.3, -0.25) is 0 Å². The van der Waals surface area contributed by atoms with Gasteiger partial charge in [0.25, 0.3) is 0 Å². The fraction of sp³-hybridized carbons (Fsp3) is 0.304. The maximum absolute atomic E-state index is 12.1. The molecule has 29 heavy (non-hydrogen) atoms. The summed E-state index contributed by atoms with van der Waals surface area (Å²) in [7, 11) is 4.97. The Hall–Kier alpha value is -3.28. The molecule has 0 atom stereocenters. The minimum atomic E-state index is -0.403. The van der Waals surface area contributed by atoms with Crippen molar-refractivity contribution in [1.82, 2.24) is 14.1 Å². The summed E-state index contributed by atoms with van der Waals surface area (Å²) in [5.74, 6) is 1.80. The predicted octanol–water partition coefficient (Wildman–Crippen LogP) is 4.40. The van der Waals surface area contributed by atoms with E-state index in [1.54, 1.807) is 19.2 Å². The van der Waals surface area contributed by atoms with Gasteiger partial charge in [-0.05, 0) is 43.0 Å². The molecule has 1 aliphatic rings. The molecule has 0 aliphatic heterocycles. The standard InChI is InChI=1S/C23H23N3O3/c1-25-21-17(10-16(23(27)29-3)12-20(21)28-2)24-22(25)19-11-15-6-4-5-7-18(15)26(19)13-14-8-9-14/h4-7,10-12,14H,8-9,13H2,1-3H3. The second-order valence-corrected chi connectivity index (χ2v) is 7.67. The van der Waals surface area contributed by atoms with Crippen molar-refractivity contribution in [2.75, 3.05) is 14.2 Å². The highest BCUT2D eigenvalue weighted by atomic mass is 16.5. The van der Waals surface area contributed by atoms with Crippen LogP contribution in [0.15, 0.2) is 42.5 Å². The first kappa shape index (κ1) is 17.8. The molecule has 148 valence electrons. The number of imidazole rings is 1. The third-order valence-corrected chi connectivity index (χ3v) is 5.75. The van der Waals surface area contributed by atoms with Crippen LogP contribution in [0.1, 0.15) is 23.2 Å². The van der Waals surface area contributed by atoms with Gasteiger partial charge in [-0.2, -0.15) is 0 Å². The number of benzene rings is 2. The summed E-state index contributed by atoms with van der Waals surface area (Å²) in [5.41, 5.74) is 4.31. The summed E-state index contributed by atoms with van der Waals surface area (Å²) in [5, 5.41) is 1.21. The number of para-hydroxylation sites is 1. The lowest BCUT2D eigenvalue weighted by Gasteiger charge is -2.11. The molecule has 0 N–H and O–H groups in total. The lowest BCUT2D eigenvalue weighted by atomic mass is 10.2. The van der Waals surface area contributed by atoms with Crippen molar-refractivity contribution in [3.05, 3.63) is 48.0 Å². The Labute approximate surface area is 168 Å². The molecule has 0 bridgehead atoms. The molecule has 1 aliphatic carbocycles. The van der Waals surface area contributed by atoms with Gasteiger partial charge in [-0.15, -0.1) is 0 Å². The molecule has 1 saturated carbocycles. The van der Waals surface area contributed by atoms with Crippen LogP contribution in [0.4, 0.5) is 0 Å². The molecule has 2 aromatic heterocycles. The molecular formula is C23H23N3O3. The zero-order chi connectivity index (χ0) is 20.1. The third-order valence-electron chi connectivity index (χ3n) is 5.75. The van der Waals surface area contributed by atoms with Crippen LogP contribution in [-0.2, 0) is 18.3 Å². The number of aryl methyl sites for hydroxylation is 1. The molecule has 1 fully saturated rings. The van der Waals surface area contributed by atoms with E-state index in [-0.39, 0.29) is 0 Å². The van der Waals surface area contributed by atoms with Crippen molar-refractivity contribution >= 4 is 27.9 Å². The average Bonchev–Trinajstić information content (AvgIpc) is 3.41. The zero-order valence-electron chi connectivity index (χ0n) is 16.8. The number of methoxy groups -OCH3 is 2. The van der Waals surface area contributed by atoms with Gasteiger partial charge in [-0.1, -0.05) is 18.2 Å². The number of aromatic nitrogens is 3. The topological polar surface area (TPSA) is 58.3 Å². The van der Waals surface area contributed by atoms with Crippen molar-refractivity contribution in [3.63, 3.8) is 0 Å². The van der Waals surface area contributed by atoms with Crippen molar-refractivity contribution < 1.29 is 14.3 Å². The lowest BCUT2D eigenvalue weighted by Crippen LogP contribution is -2.05. The number of ether oxygens (including phenoxy) is 2. The highest BCUT2D eigenvalue weighted by Gasteiger charge is 2.26. The normalized spacial score (nSPS) is 13.9. The molecule has 4 aromatic rings. The molecule has 6 heteroatoms. The van der Waals surface area contributed by atoms with Gasteiger partial charge in [0.05, 0.1) is 31.0 Å². The van der Waals surface area contributed by atoms with Crippen LogP contribution in [0.2, 0.25) is 0 Å². The molecule has 0 unspecified atom stereocenters. The number of fused-ring (bicyclic) bond motifs is 2.